The van der Waals surface area contributed by atoms with Crippen LogP contribution in [0.15, 0.2) is 0 Å². The van der Waals surface area contributed by atoms with Crippen LogP contribution in [-0.4, -0.2) is 49.3 Å². The van der Waals surface area contributed by atoms with Crippen LogP contribution in [0, 0.1) is 0 Å². The van der Waals surface area contributed by atoms with Gasteiger partial charge in [-0.05, 0) is 20.3 Å². The van der Waals surface area contributed by atoms with E-state index in [1.807, 2.05) is 13.8 Å². The summed E-state index contributed by atoms with van der Waals surface area (Å²) in [5.74, 6) is 0. The van der Waals surface area contributed by atoms with Gasteiger partial charge >= 0.3 is 7.60 Å². The summed E-state index contributed by atoms with van der Waals surface area (Å²) in [7, 11) is 2.19. The fourth-order valence-electron chi connectivity index (χ4n) is 2.12. The predicted molar refractivity (Wildman–Crippen MR) is 58.6 cm³/mol. The third-order valence-corrected chi connectivity index (χ3v) is 4.15. The van der Waals surface area contributed by atoms with Crippen molar-refractivity contribution >= 4 is 15.4 Å². The molecule has 1 N–H and O–H groups in total. The van der Waals surface area contributed by atoms with E-state index in [1.165, 1.54) is 0 Å². The maximum Gasteiger partial charge on any atom is 0.328 e. The van der Waals surface area contributed by atoms with E-state index in [0.717, 1.165) is 0 Å². The van der Waals surface area contributed by atoms with Gasteiger partial charge < -0.3 is 18.9 Å². The van der Waals surface area contributed by atoms with Crippen molar-refractivity contribution in [1.82, 2.24) is 0 Å². The summed E-state index contributed by atoms with van der Waals surface area (Å²) < 4.78 is 27.9. The molecule has 2 bridgehead atoms. The van der Waals surface area contributed by atoms with E-state index in [0.29, 0.717) is 6.42 Å². The maximum atomic E-state index is 11.6. The molecule has 0 aromatic rings. The van der Waals surface area contributed by atoms with Gasteiger partial charge in [-0.3, -0.25) is 4.57 Å². The van der Waals surface area contributed by atoms with E-state index in [2.05, 4.69) is 0 Å². The Kier molecular flexibility index (Phi) is 3.48. The van der Waals surface area contributed by atoms with Crippen LogP contribution in [0.1, 0.15) is 20.3 Å². The van der Waals surface area contributed by atoms with Crippen LogP contribution >= 0.6 is 7.60 Å². The quantitative estimate of drug-likeness (QED) is 0.572. The average molecular weight is 246 g/mol. The Morgan fingerprint density at radius 1 is 1.56 bits per heavy atom. The molecule has 2 heterocycles. The lowest BCUT2D eigenvalue weighted by molar-refractivity contribution is -0.0578. The number of ether oxygens (including phenoxy) is 2. The molecule has 90 valence electrons. The molecule has 2 aliphatic heterocycles. The summed E-state index contributed by atoms with van der Waals surface area (Å²) in [4.78, 5) is 9.51. The molecule has 5 atom stereocenters. The Morgan fingerprint density at radius 3 is 2.88 bits per heavy atom. The molecule has 7 heteroatoms. The normalized spacial score (nSPS) is 48.2. The first-order valence-corrected chi connectivity index (χ1v) is 7.22. The van der Waals surface area contributed by atoms with Crippen molar-refractivity contribution in [3.63, 3.8) is 0 Å². The highest BCUT2D eigenvalue weighted by Gasteiger charge is 2.49. The van der Waals surface area contributed by atoms with E-state index in [1.54, 1.807) is 0 Å². The van der Waals surface area contributed by atoms with E-state index in [-0.39, 0.29) is 24.5 Å². The minimum atomic E-state index is -3.53. The molecule has 2 rings (SSSR count). The summed E-state index contributed by atoms with van der Waals surface area (Å²) >= 11 is 0. The van der Waals surface area contributed by atoms with Crippen molar-refractivity contribution in [2.24, 2.45) is 0 Å². The molecule has 0 spiro atoms. The highest BCUT2D eigenvalue weighted by molar-refractivity contribution is 7.52. The highest BCUT2D eigenvalue weighted by atomic mass is 31.2. The van der Waals surface area contributed by atoms with Crippen LogP contribution in [0.2, 0.25) is 0 Å². The van der Waals surface area contributed by atoms with Crippen LogP contribution < -0.4 is 0 Å². The van der Waals surface area contributed by atoms with Gasteiger partial charge in [0.2, 0.25) is 0 Å². The number of hydrogen-bond donors (Lipinski definition) is 1. The molecule has 2 fully saturated rings. The zero-order chi connectivity index (χ0) is 11.9. The van der Waals surface area contributed by atoms with Crippen LogP contribution in [-0.2, 0) is 18.6 Å². The van der Waals surface area contributed by atoms with Crippen molar-refractivity contribution in [3.05, 3.63) is 0 Å². The summed E-state index contributed by atoms with van der Waals surface area (Å²) in [6.07, 6.45) is -0.702. The van der Waals surface area contributed by atoms with Gasteiger partial charge in [-0.25, -0.2) is 0 Å². The van der Waals surface area contributed by atoms with Gasteiger partial charge in [0.25, 0.3) is 0 Å². The van der Waals surface area contributed by atoms with Crippen LogP contribution in [0.25, 0.3) is 0 Å². The fourth-order valence-corrected chi connectivity index (χ4v) is 3.43. The first kappa shape index (κ1) is 12.6. The third-order valence-electron chi connectivity index (χ3n) is 2.76. The molecule has 16 heavy (non-hydrogen) atoms. The van der Waals surface area contributed by atoms with Crippen molar-refractivity contribution in [2.45, 2.75) is 50.7 Å². The average Bonchev–Trinajstić information content (AvgIpc) is 2.34. The van der Waals surface area contributed by atoms with Crippen LogP contribution in [0.4, 0.5) is 0 Å². The highest BCUT2D eigenvalue weighted by Crippen LogP contribution is 2.51. The van der Waals surface area contributed by atoms with Gasteiger partial charge in [-0.1, -0.05) is 0 Å². The monoisotopic (exact) mass is 246 g/mol. The van der Waals surface area contributed by atoms with Gasteiger partial charge in [-0.15, -0.1) is 0 Å². The number of fused-ring (bicyclic) bond motifs is 2. The molecule has 0 aliphatic carbocycles. The summed E-state index contributed by atoms with van der Waals surface area (Å²) in [5.41, 5.74) is 0. The topological polar surface area (TPSA) is 65.0 Å². The summed E-state index contributed by atoms with van der Waals surface area (Å²) in [6, 6.07) is -0.686. The van der Waals surface area contributed by atoms with Gasteiger partial charge in [0.15, 0.2) is 0 Å². The Hall–Kier alpha value is 0.135. The van der Waals surface area contributed by atoms with E-state index >= 15 is 0 Å². The van der Waals surface area contributed by atoms with Gasteiger partial charge in [0.1, 0.15) is 20.1 Å². The SMILES string of the molecule is [B][C@@H]1O[C@@H]2CCP(=O)(O)O[C@@H]1C2OC(C)C. The molecule has 2 radical (unpaired) electrons. The molecule has 0 amide bonds. The van der Waals surface area contributed by atoms with E-state index in [4.69, 9.17) is 21.8 Å². The minimum absolute atomic E-state index is 0.00341. The molecular weight excluding hydrogens is 230 g/mol. The number of rotatable bonds is 2. The summed E-state index contributed by atoms with van der Waals surface area (Å²) in [5, 5.41) is 0. The fraction of sp³-hybridized carbons (Fsp3) is 1.00. The Balaban J connectivity index is 2.17. The van der Waals surface area contributed by atoms with E-state index in [9.17, 15) is 9.46 Å². The standard InChI is InChI=1S/C9H16BO5P/c1-5(2)13-7-6-3-4-16(11,12)15-8(7)9(10)14-6/h5-9H,3-4H2,1-2H3,(H,11,12)/t6-,7?,8-,9-/m1/s1. The van der Waals surface area contributed by atoms with Crippen LogP contribution in [0.3, 0.4) is 0 Å². The van der Waals surface area contributed by atoms with Crippen molar-refractivity contribution in [2.75, 3.05) is 6.16 Å². The zero-order valence-electron chi connectivity index (χ0n) is 9.41. The van der Waals surface area contributed by atoms with Gasteiger partial charge in [-0.2, -0.15) is 0 Å². The lowest BCUT2D eigenvalue weighted by Crippen LogP contribution is -2.37. The largest absolute Gasteiger partial charge is 0.379 e. The first-order valence-electron chi connectivity index (χ1n) is 5.46. The lowest BCUT2D eigenvalue weighted by Gasteiger charge is -2.24. The second-order valence-electron chi connectivity index (χ2n) is 4.51. The van der Waals surface area contributed by atoms with Crippen LogP contribution in [0.5, 0.6) is 0 Å². The number of hydrogen-bond acceptors (Lipinski definition) is 4. The first-order chi connectivity index (χ1) is 7.39. The minimum Gasteiger partial charge on any atom is -0.379 e. The molecular formula is C9H16BO5P. The summed E-state index contributed by atoms with van der Waals surface area (Å²) in [6.45, 7) is 3.79. The van der Waals surface area contributed by atoms with Gasteiger partial charge in [0, 0.05) is 6.00 Å². The smallest absolute Gasteiger partial charge is 0.328 e. The molecule has 5 nitrogen and oxygen atoms in total. The lowest BCUT2D eigenvalue weighted by atomic mass is 9.92. The molecule has 2 saturated heterocycles. The van der Waals surface area contributed by atoms with E-state index < -0.39 is 19.7 Å². The van der Waals surface area contributed by atoms with Crippen molar-refractivity contribution in [3.8, 4) is 0 Å². The molecule has 2 aliphatic rings. The maximum absolute atomic E-state index is 11.6. The van der Waals surface area contributed by atoms with Gasteiger partial charge in [0.05, 0.1) is 18.4 Å². The Labute approximate surface area is 96.4 Å². The Bertz CT molecular complexity index is 310. The molecule has 0 aromatic heterocycles. The second-order valence-corrected chi connectivity index (χ2v) is 6.44. The molecule has 0 aromatic carbocycles. The molecule has 0 saturated carbocycles. The van der Waals surface area contributed by atoms with Crippen molar-refractivity contribution < 1.29 is 23.5 Å². The van der Waals surface area contributed by atoms with Crippen molar-refractivity contribution in [1.29, 1.82) is 0 Å². The third kappa shape index (κ3) is 2.52. The molecule has 2 unspecified atom stereocenters. The Morgan fingerprint density at radius 2 is 2.25 bits per heavy atom. The predicted octanol–water partition coefficient (Wildman–Crippen LogP) is 0.648. The second kappa shape index (κ2) is 4.43. The zero-order valence-corrected chi connectivity index (χ0v) is 10.3.